The fraction of sp³-hybridized carbons (Fsp3) is 0.471. The van der Waals surface area contributed by atoms with Crippen molar-refractivity contribution in [1.29, 1.82) is 0 Å². The van der Waals surface area contributed by atoms with E-state index >= 15 is 0 Å². The molecule has 3 rings (SSSR count). The van der Waals surface area contributed by atoms with Gasteiger partial charge >= 0.3 is 5.97 Å². The van der Waals surface area contributed by atoms with Crippen LogP contribution >= 0.6 is 0 Å². The summed E-state index contributed by atoms with van der Waals surface area (Å²) in [6.45, 7) is 2.28. The van der Waals surface area contributed by atoms with E-state index in [0.29, 0.717) is 18.4 Å². The van der Waals surface area contributed by atoms with Crippen LogP contribution in [0.1, 0.15) is 18.4 Å². The van der Waals surface area contributed by atoms with Gasteiger partial charge in [-0.05, 0) is 42.4 Å². The molecule has 4 heteroatoms. The number of halogens is 1. The zero-order valence-corrected chi connectivity index (χ0v) is 11.9. The number of likely N-dealkylation sites (tertiary alicyclic amines) is 1. The largest absolute Gasteiger partial charge is 0.481 e. The summed E-state index contributed by atoms with van der Waals surface area (Å²) in [6.07, 6.45) is 6.36. The minimum absolute atomic E-state index is 0.211. The summed E-state index contributed by atoms with van der Waals surface area (Å²) in [7, 11) is 0. The molecule has 21 heavy (non-hydrogen) atoms. The Morgan fingerprint density at radius 3 is 2.62 bits per heavy atom. The van der Waals surface area contributed by atoms with Crippen LogP contribution in [-0.4, -0.2) is 35.6 Å². The number of carboxylic acid groups (broad SMARTS) is 1. The molecule has 1 heterocycles. The molecule has 0 unspecified atom stereocenters. The molecular formula is C17H20FNO2. The van der Waals surface area contributed by atoms with Crippen LogP contribution in [0, 0.1) is 23.6 Å². The van der Waals surface area contributed by atoms with Gasteiger partial charge in [0.1, 0.15) is 5.82 Å². The lowest BCUT2D eigenvalue weighted by molar-refractivity contribution is -0.142. The molecule has 1 N–H and O–H groups in total. The maximum absolute atomic E-state index is 12.8. The van der Waals surface area contributed by atoms with Gasteiger partial charge in [0.05, 0.1) is 5.92 Å². The van der Waals surface area contributed by atoms with Gasteiger partial charge in [-0.2, -0.15) is 0 Å². The van der Waals surface area contributed by atoms with Gasteiger partial charge in [0.25, 0.3) is 0 Å². The summed E-state index contributed by atoms with van der Waals surface area (Å²) in [5, 5.41) is 9.33. The summed E-state index contributed by atoms with van der Waals surface area (Å²) >= 11 is 0. The third kappa shape index (κ3) is 3.50. The Bertz CT molecular complexity index is 536. The predicted molar refractivity (Wildman–Crippen MR) is 79.2 cm³/mol. The summed E-state index contributed by atoms with van der Waals surface area (Å²) in [6, 6.07) is 6.37. The molecule has 1 saturated carbocycles. The first kappa shape index (κ1) is 14.3. The van der Waals surface area contributed by atoms with Gasteiger partial charge in [-0.15, -0.1) is 0 Å². The Hall–Kier alpha value is -1.68. The van der Waals surface area contributed by atoms with Crippen molar-refractivity contribution in [3.8, 4) is 0 Å². The monoisotopic (exact) mass is 289 g/mol. The van der Waals surface area contributed by atoms with Crippen LogP contribution < -0.4 is 0 Å². The van der Waals surface area contributed by atoms with Crippen molar-refractivity contribution in [2.45, 2.75) is 12.8 Å². The first-order chi connectivity index (χ1) is 10.1. The number of hydrogen-bond donors (Lipinski definition) is 1. The van der Waals surface area contributed by atoms with Crippen LogP contribution in [0.4, 0.5) is 4.39 Å². The molecule has 0 amide bonds. The SMILES string of the molecule is O=C(O)[C@@H]1CN(C/C=C/c2ccc(F)cc2)C[C@H]1C1CC1. The molecule has 1 aliphatic heterocycles. The minimum Gasteiger partial charge on any atom is -0.481 e. The maximum atomic E-state index is 12.8. The highest BCUT2D eigenvalue weighted by Gasteiger charge is 2.45. The lowest BCUT2D eigenvalue weighted by Crippen LogP contribution is -2.24. The summed E-state index contributed by atoms with van der Waals surface area (Å²) in [5.41, 5.74) is 0.962. The van der Waals surface area contributed by atoms with Gasteiger partial charge in [-0.1, -0.05) is 24.3 Å². The first-order valence-electron chi connectivity index (χ1n) is 7.51. The summed E-state index contributed by atoms with van der Waals surface area (Å²) in [4.78, 5) is 13.5. The van der Waals surface area contributed by atoms with E-state index in [-0.39, 0.29) is 11.7 Å². The smallest absolute Gasteiger partial charge is 0.308 e. The lowest BCUT2D eigenvalue weighted by Gasteiger charge is -2.13. The van der Waals surface area contributed by atoms with Crippen LogP contribution in [-0.2, 0) is 4.79 Å². The molecule has 1 aromatic carbocycles. The molecule has 1 aliphatic carbocycles. The predicted octanol–water partition coefficient (Wildman–Crippen LogP) is 2.88. The van der Waals surface area contributed by atoms with E-state index in [1.165, 1.54) is 25.0 Å². The molecule has 112 valence electrons. The molecule has 0 bridgehead atoms. The zero-order chi connectivity index (χ0) is 14.8. The van der Waals surface area contributed by atoms with Crippen LogP contribution in [0.5, 0.6) is 0 Å². The number of benzene rings is 1. The van der Waals surface area contributed by atoms with Crippen LogP contribution in [0.15, 0.2) is 30.3 Å². The minimum atomic E-state index is -0.656. The van der Waals surface area contributed by atoms with E-state index in [1.807, 2.05) is 12.2 Å². The van der Waals surface area contributed by atoms with Crippen molar-refractivity contribution in [3.63, 3.8) is 0 Å². The number of carbonyl (C=O) groups is 1. The average Bonchev–Trinajstić information content (AvgIpc) is 3.21. The quantitative estimate of drug-likeness (QED) is 0.906. The number of aliphatic carboxylic acids is 1. The zero-order valence-electron chi connectivity index (χ0n) is 11.9. The molecule has 2 aliphatic rings. The molecular weight excluding hydrogens is 269 g/mol. The van der Waals surface area contributed by atoms with Crippen molar-refractivity contribution in [2.24, 2.45) is 17.8 Å². The van der Waals surface area contributed by atoms with E-state index < -0.39 is 5.97 Å². The highest BCUT2D eigenvalue weighted by Crippen LogP contribution is 2.43. The van der Waals surface area contributed by atoms with E-state index in [0.717, 1.165) is 18.7 Å². The fourth-order valence-electron chi connectivity index (χ4n) is 3.24. The Labute approximate surface area is 124 Å². The fourth-order valence-corrected chi connectivity index (χ4v) is 3.24. The van der Waals surface area contributed by atoms with Crippen molar-refractivity contribution in [1.82, 2.24) is 4.90 Å². The molecule has 1 saturated heterocycles. The Morgan fingerprint density at radius 2 is 2.00 bits per heavy atom. The normalized spacial score (nSPS) is 26.5. The molecule has 0 spiro atoms. The van der Waals surface area contributed by atoms with Gasteiger partial charge in [0, 0.05) is 19.6 Å². The number of carboxylic acids is 1. The Balaban J connectivity index is 1.56. The van der Waals surface area contributed by atoms with Gasteiger partial charge < -0.3 is 5.11 Å². The topological polar surface area (TPSA) is 40.5 Å². The average molecular weight is 289 g/mol. The molecule has 3 nitrogen and oxygen atoms in total. The molecule has 0 aromatic heterocycles. The molecule has 1 aromatic rings. The van der Waals surface area contributed by atoms with Gasteiger partial charge in [-0.3, -0.25) is 9.69 Å². The highest BCUT2D eigenvalue weighted by atomic mass is 19.1. The van der Waals surface area contributed by atoms with Crippen molar-refractivity contribution in [3.05, 3.63) is 41.7 Å². The Kier molecular flexibility index (Phi) is 4.06. The standard InChI is InChI=1S/C17H20FNO2/c18-14-7-3-12(4-8-14)2-1-9-19-10-15(13-5-6-13)16(11-19)17(20)21/h1-4,7-8,13,15-16H,5-6,9-11H2,(H,20,21)/b2-1+/t15-,16+/m0/s1. The number of hydrogen-bond acceptors (Lipinski definition) is 2. The second kappa shape index (κ2) is 5.98. The summed E-state index contributed by atoms with van der Waals surface area (Å²) in [5.74, 6) is -0.157. The highest BCUT2D eigenvalue weighted by molar-refractivity contribution is 5.71. The second-order valence-electron chi connectivity index (χ2n) is 6.12. The van der Waals surface area contributed by atoms with Crippen molar-refractivity contribution < 1.29 is 14.3 Å². The van der Waals surface area contributed by atoms with E-state index in [9.17, 15) is 14.3 Å². The van der Waals surface area contributed by atoms with Gasteiger partial charge in [0.2, 0.25) is 0 Å². The summed E-state index contributed by atoms with van der Waals surface area (Å²) < 4.78 is 12.8. The third-order valence-electron chi connectivity index (χ3n) is 4.53. The number of rotatable bonds is 5. The third-order valence-corrected chi connectivity index (χ3v) is 4.53. The molecule has 2 fully saturated rings. The maximum Gasteiger partial charge on any atom is 0.308 e. The van der Waals surface area contributed by atoms with E-state index in [2.05, 4.69) is 4.90 Å². The van der Waals surface area contributed by atoms with E-state index in [4.69, 9.17) is 0 Å². The van der Waals surface area contributed by atoms with Gasteiger partial charge in [-0.25, -0.2) is 4.39 Å². The van der Waals surface area contributed by atoms with Crippen LogP contribution in [0.25, 0.3) is 6.08 Å². The number of nitrogens with zero attached hydrogens (tertiary/aromatic N) is 1. The lowest BCUT2D eigenvalue weighted by atomic mass is 9.92. The van der Waals surface area contributed by atoms with Crippen LogP contribution in [0.3, 0.4) is 0 Å². The van der Waals surface area contributed by atoms with Gasteiger partial charge in [0.15, 0.2) is 0 Å². The first-order valence-corrected chi connectivity index (χ1v) is 7.51. The second-order valence-corrected chi connectivity index (χ2v) is 6.12. The molecule has 2 atom stereocenters. The van der Waals surface area contributed by atoms with Crippen molar-refractivity contribution >= 4 is 12.0 Å². The molecule has 0 radical (unpaired) electrons. The van der Waals surface area contributed by atoms with E-state index in [1.54, 1.807) is 12.1 Å². The van der Waals surface area contributed by atoms with Crippen molar-refractivity contribution in [2.75, 3.05) is 19.6 Å². The Morgan fingerprint density at radius 1 is 1.29 bits per heavy atom. The van der Waals surface area contributed by atoms with Crippen LogP contribution in [0.2, 0.25) is 0 Å².